The summed E-state index contributed by atoms with van der Waals surface area (Å²) in [5.41, 5.74) is 1.41. The highest BCUT2D eigenvalue weighted by atomic mass is 16.6. The van der Waals surface area contributed by atoms with Gasteiger partial charge in [-0.1, -0.05) is 43.2 Å². The molecule has 1 aliphatic carbocycles. The first-order chi connectivity index (χ1) is 15.0. The third kappa shape index (κ3) is 6.60. The molecule has 1 saturated carbocycles. The van der Waals surface area contributed by atoms with Crippen LogP contribution in [-0.4, -0.2) is 61.8 Å². The number of aliphatic imine (C=N–C) groups is 1. The minimum absolute atomic E-state index is 0.0835. The number of amides is 1. The van der Waals surface area contributed by atoms with Gasteiger partial charge in [0.25, 0.3) is 0 Å². The number of piperidine rings is 1. The number of carbonyl (C=O) groups is 1. The molecule has 3 rings (SSSR count). The number of ether oxygens (including phenoxy) is 1. The molecule has 7 heteroatoms. The molecule has 1 atom stereocenters. The maximum atomic E-state index is 11.9. The largest absolute Gasteiger partial charge is 0.450 e. The standard InChI is InChI=1S/C24H39N5O2/c1-4-31-23(30)29-16-12-21(13-17-29)27-22(25-3)26-18-24(14-8-9-15-24)28-19(2)20-10-6-5-7-11-20/h5-7,10-11,19,21,28H,4,8-9,12-18H2,1-3H3,(H2,25,26,27). The van der Waals surface area contributed by atoms with E-state index in [4.69, 9.17) is 4.74 Å². The van der Waals surface area contributed by atoms with E-state index in [0.29, 0.717) is 31.8 Å². The average Bonchev–Trinajstić information content (AvgIpc) is 3.26. The lowest BCUT2D eigenvalue weighted by molar-refractivity contribution is 0.0963. The molecule has 2 fully saturated rings. The second-order valence-electron chi connectivity index (χ2n) is 8.79. The van der Waals surface area contributed by atoms with Gasteiger partial charge in [0.05, 0.1) is 6.61 Å². The second kappa shape index (κ2) is 11.4. The number of benzene rings is 1. The molecule has 0 bridgehead atoms. The molecule has 1 heterocycles. The van der Waals surface area contributed by atoms with Crippen molar-refractivity contribution in [2.75, 3.05) is 33.3 Å². The molecular weight excluding hydrogens is 390 g/mol. The highest BCUT2D eigenvalue weighted by Gasteiger charge is 2.35. The van der Waals surface area contributed by atoms with Gasteiger partial charge >= 0.3 is 6.09 Å². The molecule has 1 aromatic carbocycles. The Morgan fingerprint density at radius 3 is 2.52 bits per heavy atom. The summed E-state index contributed by atoms with van der Waals surface area (Å²) in [4.78, 5) is 18.1. The normalized spacial score (nSPS) is 20.4. The van der Waals surface area contributed by atoms with Crippen molar-refractivity contribution < 1.29 is 9.53 Å². The predicted octanol–water partition coefficient (Wildman–Crippen LogP) is 3.44. The van der Waals surface area contributed by atoms with E-state index in [1.807, 2.05) is 14.0 Å². The fraction of sp³-hybridized carbons (Fsp3) is 0.667. The molecule has 1 unspecified atom stereocenters. The van der Waals surface area contributed by atoms with Gasteiger partial charge in [-0.3, -0.25) is 4.99 Å². The van der Waals surface area contributed by atoms with Gasteiger partial charge in [-0.15, -0.1) is 0 Å². The third-order valence-electron chi connectivity index (χ3n) is 6.56. The van der Waals surface area contributed by atoms with Crippen molar-refractivity contribution in [1.82, 2.24) is 20.9 Å². The summed E-state index contributed by atoms with van der Waals surface area (Å²) in [5, 5.41) is 11.1. The Kier molecular flexibility index (Phi) is 8.58. The fourth-order valence-corrected chi connectivity index (χ4v) is 4.77. The molecule has 0 radical (unpaired) electrons. The van der Waals surface area contributed by atoms with Crippen molar-refractivity contribution >= 4 is 12.1 Å². The number of likely N-dealkylation sites (tertiary alicyclic amines) is 1. The number of nitrogens with zero attached hydrogens (tertiary/aromatic N) is 2. The molecule has 172 valence electrons. The zero-order chi connectivity index (χ0) is 22.1. The van der Waals surface area contributed by atoms with E-state index in [-0.39, 0.29) is 11.6 Å². The van der Waals surface area contributed by atoms with Gasteiger partial charge < -0.3 is 25.6 Å². The van der Waals surface area contributed by atoms with Gasteiger partial charge in [0.1, 0.15) is 0 Å². The van der Waals surface area contributed by atoms with E-state index >= 15 is 0 Å². The quantitative estimate of drug-likeness (QED) is 0.457. The Morgan fingerprint density at radius 1 is 1.23 bits per heavy atom. The molecular formula is C24H39N5O2. The fourth-order valence-electron chi connectivity index (χ4n) is 4.77. The third-order valence-corrected chi connectivity index (χ3v) is 6.56. The van der Waals surface area contributed by atoms with E-state index in [1.165, 1.54) is 31.2 Å². The van der Waals surface area contributed by atoms with Gasteiger partial charge in [0, 0.05) is 44.3 Å². The van der Waals surface area contributed by atoms with E-state index < -0.39 is 0 Å². The van der Waals surface area contributed by atoms with E-state index in [2.05, 4.69) is 58.2 Å². The summed E-state index contributed by atoms with van der Waals surface area (Å²) in [6.45, 7) is 6.80. The van der Waals surface area contributed by atoms with Crippen LogP contribution in [0.3, 0.4) is 0 Å². The zero-order valence-corrected chi connectivity index (χ0v) is 19.3. The van der Waals surface area contributed by atoms with Crippen LogP contribution in [0.15, 0.2) is 35.3 Å². The average molecular weight is 430 g/mol. The lowest BCUT2D eigenvalue weighted by Crippen LogP contribution is -2.56. The van der Waals surface area contributed by atoms with Crippen molar-refractivity contribution in [1.29, 1.82) is 0 Å². The Balaban J connectivity index is 1.50. The van der Waals surface area contributed by atoms with E-state index in [0.717, 1.165) is 25.3 Å². The second-order valence-corrected chi connectivity index (χ2v) is 8.79. The van der Waals surface area contributed by atoms with Crippen LogP contribution >= 0.6 is 0 Å². The topological polar surface area (TPSA) is 78.0 Å². The smallest absolute Gasteiger partial charge is 0.409 e. The van der Waals surface area contributed by atoms with Crippen LogP contribution < -0.4 is 16.0 Å². The van der Waals surface area contributed by atoms with E-state index in [9.17, 15) is 4.79 Å². The first-order valence-electron chi connectivity index (χ1n) is 11.8. The Morgan fingerprint density at radius 2 is 1.90 bits per heavy atom. The molecule has 31 heavy (non-hydrogen) atoms. The molecule has 7 nitrogen and oxygen atoms in total. The lowest BCUT2D eigenvalue weighted by atomic mass is 9.94. The molecule has 1 saturated heterocycles. The summed E-state index contributed by atoms with van der Waals surface area (Å²) in [6.07, 6.45) is 6.45. The number of carbonyl (C=O) groups excluding carboxylic acids is 1. The number of hydrogen-bond donors (Lipinski definition) is 3. The maximum Gasteiger partial charge on any atom is 0.409 e. The summed E-state index contributed by atoms with van der Waals surface area (Å²) in [6, 6.07) is 11.3. The van der Waals surface area contributed by atoms with Crippen LogP contribution in [0.5, 0.6) is 0 Å². The molecule has 2 aliphatic rings. The number of guanidine groups is 1. The first kappa shape index (κ1) is 23.4. The van der Waals surface area contributed by atoms with E-state index in [1.54, 1.807) is 4.90 Å². The van der Waals surface area contributed by atoms with Crippen LogP contribution in [0.4, 0.5) is 4.79 Å². The SMILES string of the molecule is CCOC(=O)N1CCC(NC(=NC)NCC2(NC(C)c3ccccc3)CCCC2)CC1. The van der Waals surface area contributed by atoms with Crippen molar-refractivity contribution in [2.45, 2.75) is 70.0 Å². The minimum atomic E-state index is -0.203. The summed E-state index contributed by atoms with van der Waals surface area (Å²) in [7, 11) is 1.82. The maximum absolute atomic E-state index is 11.9. The van der Waals surface area contributed by atoms with Crippen molar-refractivity contribution in [3.63, 3.8) is 0 Å². The summed E-state index contributed by atoms with van der Waals surface area (Å²) < 4.78 is 5.11. The Hall–Kier alpha value is -2.28. The Labute approximate surface area is 187 Å². The van der Waals surface area contributed by atoms with Crippen molar-refractivity contribution in [3.05, 3.63) is 35.9 Å². The molecule has 1 aliphatic heterocycles. The summed E-state index contributed by atoms with van der Waals surface area (Å²) in [5.74, 6) is 0.843. The molecule has 0 aromatic heterocycles. The molecule has 1 aromatic rings. The molecule has 3 N–H and O–H groups in total. The lowest BCUT2D eigenvalue weighted by Gasteiger charge is -2.36. The van der Waals surface area contributed by atoms with Crippen LogP contribution in [0.2, 0.25) is 0 Å². The zero-order valence-electron chi connectivity index (χ0n) is 19.3. The van der Waals surface area contributed by atoms with Crippen LogP contribution in [-0.2, 0) is 4.74 Å². The van der Waals surface area contributed by atoms with Crippen LogP contribution in [0.1, 0.15) is 64.0 Å². The first-order valence-corrected chi connectivity index (χ1v) is 11.8. The molecule has 0 spiro atoms. The monoisotopic (exact) mass is 429 g/mol. The summed E-state index contributed by atoms with van der Waals surface area (Å²) >= 11 is 0. The van der Waals surface area contributed by atoms with Crippen molar-refractivity contribution in [3.8, 4) is 0 Å². The molecule has 1 amide bonds. The number of nitrogens with one attached hydrogen (secondary N) is 3. The van der Waals surface area contributed by atoms with Gasteiger partial charge in [-0.05, 0) is 45.1 Å². The van der Waals surface area contributed by atoms with Gasteiger partial charge in [0.2, 0.25) is 0 Å². The Bertz CT molecular complexity index is 710. The van der Waals surface area contributed by atoms with Gasteiger partial charge in [-0.25, -0.2) is 4.79 Å². The highest BCUT2D eigenvalue weighted by Crippen LogP contribution is 2.31. The number of rotatable bonds is 7. The predicted molar refractivity (Wildman–Crippen MR) is 125 cm³/mol. The minimum Gasteiger partial charge on any atom is -0.450 e. The van der Waals surface area contributed by atoms with Gasteiger partial charge in [0.15, 0.2) is 5.96 Å². The van der Waals surface area contributed by atoms with Crippen LogP contribution in [0, 0.1) is 0 Å². The van der Waals surface area contributed by atoms with Crippen molar-refractivity contribution in [2.24, 2.45) is 4.99 Å². The highest BCUT2D eigenvalue weighted by molar-refractivity contribution is 5.80. The number of hydrogen-bond acceptors (Lipinski definition) is 4. The van der Waals surface area contributed by atoms with Gasteiger partial charge in [-0.2, -0.15) is 0 Å². The van der Waals surface area contributed by atoms with Crippen LogP contribution in [0.25, 0.3) is 0 Å².